The van der Waals surface area contributed by atoms with E-state index < -0.39 is 17.7 Å². The van der Waals surface area contributed by atoms with E-state index in [1.54, 1.807) is 26.0 Å². The van der Waals surface area contributed by atoms with Crippen LogP contribution in [0.25, 0.3) is 0 Å². The van der Waals surface area contributed by atoms with Crippen molar-refractivity contribution in [2.24, 2.45) is 0 Å². The molecular weight excluding hydrogens is 377 g/mol. The van der Waals surface area contributed by atoms with Crippen LogP contribution >= 0.6 is 7.60 Å². The summed E-state index contributed by atoms with van der Waals surface area (Å²) < 4.78 is 53.5. The van der Waals surface area contributed by atoms with Crippen LogP contribution in [0.3, 0.4) is 0 Å². The molecule has 0 saturated carbocycles. The summed E-state index contributed by atoms with van der Waals surface area (Å²) in [6.45, 7) is 8.52. The van der Waals surface area contributed by atoms with Crippen molar-refractivity contribution in [1.29, 1.82) is 0 Å². The van der Waals surface area contributed by atoms with Gasteiger partial charge in [-0.25, -0.2) is 0 Å². The molecule has 0 aliphatic carbocycles. The lowest BCUT2D eigenvalue weighted by Gasteiger charge is -2.21. The molecule has 1 fully saturated rings. The third-order valence-corrected chi connectivity index (χ3v) is 7.99. The van der Waals surface area contributed by atoms with Crippen molar-refractivity contribution >= 4 is 17.7 Å². The minimum absolute atomic E-state index is 0.00145. The Bertz CT molecular complexity index is 726. The summed E-state index contributed by atoms with van der Waals surface area (Å²) >= 11 is 0. The predicted octanol–water partition coefficient (Wildman–Crippen LogP) is 3.39. The fourth-order valence-corrected chi connectivity index (χ4v) is 5.79. The van der Waals surface area contributed by atoms with E-state index in [-0.39, 0.29) is 23.3 Å². The Balaban J connectivity index is 2.00. The van der Waals surface area contributed by atoms with Crippen LogP contribution in [0.1, 0.15) is 32.8 Å². The van der Waals surface area contributed by atoms with Crippen LogP contribution in [0.15, 0.2) is 29.2 Å². The molecule has 0 amide bonds. The lowest BCUT2D eigenvalue weighted by Crippen LogP contribution is -2.27. The second-order valence-corrected chi connectivity index (χ2v) is 9.97. The molecule has 26 heavy (non-hydrogen) atoms. The van der Waals surface area contributed by atoms with Crippen molar-refractivity contribution in [2.45, 2.75) is 50.8 Å². The van der Waals surface area contributed by atoms with Gasteiger partial charge < -0.3 is 9.05 Å². The van der Waals surface area contributed by atoms with Gasteiger partial charge in [0.2, 0.25) is 0 Å². The minimum atomic E-state index is -3.82. The molecule has 7 nitrogen and oxygen atoms in total. The van der Waals surface area contributed by atoms with Gasteiger partial charge in [-0.1, -0.05) is 24.6 Å². The smallest absolute Gasteiger partial charge is 0.308 e. The average Bonchev–Trinajstić information content (AvgIpc) is 3.37. The van der Waals surface area contributed by atoms with Crippen LogP contribution in [-0.2, 0) is 27.9 Å². The zero-order valence-corrected chi connectivity index (χ0v) is 17.5. The number of hydrogen-bond donors (Lipinski definition) is 0. The van der Waals surface area contributed by atoms with E-state index >= 15 is 0 Å². The lowest BCUT2D eigenvalue weighted by molar-refractivity contribution is 0.197. The molecule has 1 aromatic rings. The zero-order valence-electron chi connectivity index (χ0n) is 15.8. The third-order valence-electron chi connectivity index (χ3n) is 4.27. The van der Waals surface area contributed by atoms with Crippen molar-refractivity contribution < 1.29 is 26.2 Å². The van der Waals surface area contributed by atoms with Crippen molar-refractivity contribution in [2.75, 3.05) is 26.4 Å². The maximum atomic E-state index is 12.8. The fourth-order valence-electron chi connectivity index (χ4n) is 2.77. The Morgan fingerprint density at radius 3 is 2.23 bits per heavy atom. The van der Waals surface area contributed by atoms with Gasteiger partial charge in [0.1, 0.15) is 5.78 Å². The van der Waals surface area contributed by atoms with E-state index in [1.807, 2.05) is 18.7 Å². The maximum Gasteiger partial charge on any atom is 0.348 e. The summed E-state index contributed by atoms with van der Waals surface area (Å²) in [4.78, 5) is 2.06. The van der Waals surface area contributed by atoms with Crippen molar-refractivity contribution in [3.8, 4) is 0 Å². The van der Waals surface area contributed by atoms with Crippen LogP contribution in [0.2, 0.25) is 0 Å². The standard InChI is InChI=1S/C17H28NO6PS/c1-5-15(18-12-17(18)25(19,22-6-2)23-7-3)13-24-26(20,21)16-10-8-14(4)9-11-16/h8-11,15,17H,5-7,12-13H2,1-4H3/t15-,17-,18?/m1/s1. The number of nitrogens with zero attached hydrogens (tertiary/aromatic N) is 1. The van der Waals surface area contributed by atoms with E-state index in [9.17, 15) is 13.0 Å². The summed E-state index contributed by atoms with van der Waals surface area (Å²) in [5.41, 5.74) is 0.977. The highest BCUT2D eigenvalue weighted by atomic mass is 32.2. The maximum absolute atomic E-state index is 12.8. The highest BCUT2D eigenvalue weighted by molar-refractivity contribution is 7.86. The zero-order chi connectivity index (χ0) is 19.4. The van der Waals surface area contributed by atoms with Crippen molar-refractivity contribution in [3.05, 3.63) is 29.8 Å². The first-order chi connectivity index (χ1) is 12.3. The SMILES string of the molecule is CCOP(=O)(OCC)[C@@H]1CN1[C@H](CC)COS(=O)(=O)c1ccc(C)cc1. The molecule has 0 spiro atoms. The molecule has 148 valence electrons. The lowest BCUT2D eigenvalue weighted by atomic mass is 10.2. The third kappa shape index (κ3) is 5.15. The summed E-state index contributed by atoms with van der Waals surface area (Å²) in [5.74, 6) is -0.335. The largest absolute Gasteiger partial charge is 0.348 e. The summed E-state index contributed by atoms with van der Waals surface area (Å²) in [6, 6.07) is 6.35. The molecule has 0 bridgehead atoms. The van der Waals surface area contributed by atoms with E-state index in [2.05, 4.69) is 0 Å². The van der Waals surface area contributed by atoms with E-state index in [1.165, 1.54) is 12.1 Å². The number of hydrogen-bond acceptors (Lipinski definition) is 7. The summed E-state index contributed by atoms with van der Waals surface area (Å²) in [5, 5.41) is 0. The van der Waals surface area contributed by atoms with Gasteiger partial charge in [0.25, 0.3) is 10.1 Å². The normalized spacial score (nSPS) is 21.5. The molecule has 3 atom stereocenters. The molecule has 1 heterocycles. The Labute approximate surface area is 156 Å². The molecule has 1 aliphatic heterocycles. The molecular formula is C17H28NO6PS. The van der Waals surface area contributed by atoms with Gasteiger partial charge in [-0.2, -0.15) is 8.42 Å². The highest BCUT2D eigenvalue weighted by Crippen LogP contribution is 2.60. The molecule has 1 saturated heterocycles. The molecule has 1 aliphatic rings. The minimum Gasteiger partial charge on any atom is -0.308 e. The van der Waals surface area contributed by atoms with Gasteiger partial charge >= 0.3 is 7.60 Å². The number of aryl methyl sites for hydroxylation is 1. The highest BCUT2D eigenvalue weighted by Gasteiger charge is 2.53. The summed E-state index contributed by atoms with van der Waals surface area (Å²) in [7, 11) is -7.03. The van der Waals surface area contributed by atoms with Crippen molar-refractivity contribution in [1.82, 2.24) is 4.90 Å². The van der Waals surface area contributed by atoms with Crippen LogP contribution in [0.4, 0.5) is 0 Å². The van der Waals surface area contributed by atoms with Gasteiger partial charge in [-0.05, 0) is 39.3 Å². The molecule has 0 aromatic heterocycles. The quantitative estimate of drug-likeness (QED) is 0.317. The Morgan fingerprint density at radius 2 is 1.73 bits per heavy atom. The number of benzene rings is 1. The first-order valence-electron chi connectivity index (χ1n) is 8.88. The molecule has 9 heteroatoms. The molecule has 2 rings (SSSR count). The van der Waals surface area contributed by atoms with E-state index in [0.29, 0.717) is 26.2 Å². The van der Waals surface area contributed by atoms with Crippen molar-refractivity contribution in [3.63, 3.8) is 0 Å². The monoisotopic (exact) mass is 405 g/mol. The summed E-state index contributed by atoms with van der Waals surface area (Å²) in [6.07, 6.45) is 0.665. The predicted molar refractivity (Wildman–Crippen MR) is 99.7 cm³/mol. The van der Waals surface area contributed by atoms with E-state index in [0.717, 1.165) is 5.56 Å². The van der Waals surface area contributed by atoms with Gasteiger partial charge in [-0.3, -0.25) is 13.6 Å². The average molecular weight is 405 g/mol. The van der Waals surface area contributed by atoms with E-state index in [4.69, 9.17) is 13.2 Å². The number of rotatable bonds is 11. The molecule has 0 radical (unpaired) electrons. The Kier molecular flexibility index (Phi) is 7.42. The first-order valence-corrected chi connectivity index (χ1v) is 11.9. The first kappa shape index (κ1) is 21.5. The molecule has 1 aromatic carbocycles. The second-order valence-electron chi connectivity index (χ2n) is 6.17. The topological polar surface area (TPSA) is 81.9 Å². The van der Waals surface area contributed by atoms with Gasteiger partial charge in [-0.15, -0.1) is 0 Å². The molecule has 1 unspecified atom stereocenters. The Hall–Kier alpha value is -0.760. The van der Waals surface area contributed by atoms with Gasteiger partial charge in [0.05, 0.1) is 24.7 Å². The van der Waals surface area contributed by atoms with Gasteiger partial charge in [0, 0.05) is 12.6 Å². The van der Waals surface area contributed by atoms with Crippen LogP contribution < -0.4 is 0 Å². The van der Waals surface area contributed by atoms with Gasteiger partial charge in [0.15, 0.2) is 0 Å². The van der Waals surface area contributed by atoms with Crippen LogP contribution in [0.5, 0.6) is 0 Å². The molecule has 0 N–H and O–H groups in total. The fraction of sp³-hybridized carbons (Fsp3) is 0.647. The van der Waals surface area contributed by atoms with Crippen LogP contribution in [-0.4, -0.2) is 51.5 Å². The Morgan fingerprint density at radius 1 is 1.15 bits per heavy atom. The van der Waals surface area contributed by atoms with Crippen LogP contribution in [0, 0.1) is 6.92 Å². The second kappa shape index (κ2) is 8.95.